The van der Waals surface area contributed by atoms with Gasteiger partial charge in [0.2, 0.25) is 5.91 Å². The zero-order valence-electron chi connectivity index (χ0n) is 10.7. The molecule has 0 radical (unpaired) electrons. The molecule has 1 fully saturated rings. The van der Waals surface area contributed by atoms with Gasteiger partial charge >= 0.3 is 0 Å². The highest BCUT2D eigenvalue weighted by Crippen LogP contribution is 2.18. The van der Waals surface area contributed by atoms with Gasteiger partial charge in [-0.05, 0) is 45.2 Å². The molecule has 1 N–H and O–H groups in total. The molecule has 1 heterocycles. The molecule has 0 aromatic heterocycles. The molecule has 17 heavy (non-hydrogen) atoms. The first-order valence-corrected chi connectivity index (χ1v) is 6.63. The summed E-state index contributed by atoms with van der Waals surface area (Å²) >= 11 is 0. The Morgan fingerprint density at radius 1 is 1.47 bits per heavy atom. The number of carbonyl (C=O) groups is 1. The highest BCUT2D eigenvalue weighted by atomic mass is 16.2. The van der Waals surface area contributed by atoms with Crippen molar-refractivity contribution in [3.05, 3.63) is 0 Å². The highest BCUT2D eigenvalue weighted by molar-refractivity contribution is 5.76. The van der Waals surface area contributed by atoms with Gasteiger partial charge < -0.3 is 10.2 Å². The number of piperidine rings is 1. The SMILES string of the molecule is CCN(CCC#N)C(=O)CCC1CCNCC1. The minimum atomic E-state index is 0.210. The fourth-order valence-electron chi connectivity index (χ4n) is 2.30. The third-order valence-electron chi connectivity index (χ3n) is 3.45. The first kappa shape index (κ1) is 14.0. The largest absolute Gasteiger partial charge is 0.342 e. The second kappa shape index (κ2) is 8.08. The lowest BCUT2D eigenvalue weighted by Gasteiger charge is -2.24. The van der Waals surface area contributed by atoms with Crippen molar-refractivity contribution >= 4 is 5.91 Å². The minimum absolute atomic E-state index is 0.210. The second-order valence-electron chi connectivity index (χ2n) is 4.61. The molecule has 4 heteroatoms. The maximum Gasteiger partial charge on any atom is 0.222 e. The van der Waals surface area contributed by atoms with Crippen molar-refractivity contribution in [1.29, 1.82) is 5.26 Å². The van der Waals surface area contributed by atoms with E-state index in [-0.39, 0.29) is 5.91 Å². The predicted octanol–water partition coefficient (Wildman–Crippen LogP) is 1.53. The van der Waals surface area contributed by atoms with E-state index < -0.39 is 0 Å². The number of rotatable bonds is 6. The van der Waals surface area contributed by atoms with Crippen molar-refractivity contribution in [2.24, 2.45) is 5.92 Å². The van der Waals surface area contributed by atoms with Gasteiger partial charge in [-0.3, -0.25) is 4.79 Å². The molecule has 0 unspecified atom stereocenters. The lowest BCUT2D eigenvalue weighted by molar-refractivity contribution is -0.131. The van der Waals surface area contributed by atoms with E-state index in [0.717, 1.165) is 19.5 Å². The van der Waals surface area contributed by atoms with Crippen LogP contribution in [0.4, 0.5) is 0 Å². The van der Waals surface area contributed by atoms with Gasteiger partial charge in [-0.2, -0.15) is 5.26 Å². The number of carbonyl (C=O) groups excluding carboxylic acids is 1. The Morgan fingerprint density at radius 3 is 2.76 bits per heavy atom. The normalized spacial score (nSPS) is 16.5. The molecule has 4 nitrogen and oxygen atoms in total. The zero-order chi connectivity index (χ0) is 12.5. The van der Waals surface area contributed by atoms with Gasteiger partial charge in [0.05, 0.1) is 12.5 Å². The summed E-state index contributed by atoms with van der Waals surface area (Å²) in [5, 5.41) is 11.9. The average Bonchev–Trinajstić information content (AvgIpc) is 2.38. The molecule has 1 amide bonds. The van der Waals surface area contributed by atoms with E-state index in [0.29, 0.717) is 31.8 Å². The Bertz CT molecular complexity index is 266. The molecule has 0 aromatic carbocycles. The lowest BCUT2D eigenvalue weighted by atomic mass is 9.93. The van der Waals surface area contributed by atoms with E-state index in [4.69, 9.17) is 5.26 Å². The van der Waals surface area contributed by atoms with Crippen LogP contribution in [0.1, 0.15) is 39.0 Å². The fourth-order valence-corrected chi connectivity index (χ4v) is 2.30. The van der Waals surface area contributed by atoms with Gasteiger partial charge in [-0.1, -0.05) is 0 Å². The fraction of sp³-hybridized carbons (Fsp3) is 0.846. The van der Waals surface area contributed by atoms with Gasteiger partial charge in [0, 0.05) is 19.5 Å². The number of amides is 1. The Kier molecular flexibility index (Phi) is 6.64. The Balaban J connectivity index is 2.24. The molecule has 1 saturated heterocycles. The van der Waals surface area contributed by atoms with E-state index >= 15 is 0 Å². The van der Waals surface area contributed by atoms with Crippen molar-refractivity contribution in [1.82, 2.24) is 10.2 Å². The number of nitrogens with zero attached hydrogens (tertiary/aromatic N) is 2. The van der Waals surface area contributed by atoms with E-state index in [1.165, 1.54) is 12.8 Å². The van der Waals surface area contributed by atoms with Gasteiger partial charge in [-0.15, -0.1) is 0 Å². The smallest absolute Gasteiger partial charge is 0.222 e. The van der Waals surface area contributed by atoms with Crippen LogP contribution in [0.25, 0.3) is 0 Å². The minimum Gasteiger partial charge on any atom is -0.342 e. The maximum absolute atomic E-state index is 11.9. The Hall–Kier alpha value is -1.08. The maximum atomic E-state index is 11.9. The van der Waals surface area contributed by atoms with E-state index in [1.807, 2.05) is 6.92 Å². The topological polar surface area (TPSA) is 56.1 Å². The predicted molar refractivity (Wildman–Crippen MR) is 67.3 cm³/mol. The summed E-state index contributed by atoms with van der Waals surface area (Å²) in [6.07, 6.45) is 4.47. The van der Waals surface area contributed by atoms with Gasteiger partial charge in [0.15, 0.2) is 0 Å². The van der Waals surface area contributed by atoms with Crippen LogP contribution in [0.15, 0.2) is 0 Å². The van der Waals surface area contributed by atoms with Crippen LogP contribution in [0.5, 0.6) is 0 Å². The summed E-state index contributed by atoms with van der Waals surface area (Å²) in [5.41, 5.74) is 0. The lowest BCUT2D eigenvalue weighted by Crippen LogP contribution is -2.33. The van der Waals surface area contributed by atoms with Crippen LogP contribution in [-0.4, -0.2) is 37.0 Å². The zero-order valence-corrected chi connectivity index (χ0v) is 10.7. The van der Waals surface area contributed by atoms with Crippen LogP contribution in [-0.2, 0) is 4.79 Å². The molecular weight excluding hydrogens is 214 g/mol. The van der Waals surface area contributed by atoms with Crippen LogP contribution >= 0.6 is 0 Å². The van der Waals surface area contributed by atoms with Crippen LogP contribution in [0.3, 0.4) is 0 Å². The number of nitrogens with one attached hydrogen (secondary N) is 1. The van der Waals surface area contributed by atoms with E-state index in [2.05, 4.69) is 11.4 Å². The molecule has 0 aliphatic carbocycles. The standard InChI is InChI=1S/C13H23N3O/c1-2-16(11-3-8-14)13(17)5-4-12-6-9-15-10-7-12/h12,15H,2-7,9-11H2,1H3. The van der Waals surface area contributed by atoms with Crippen LogP contribution in [0, 0.1) is 17.2 Å². The summed E-state index contributed by atoms with van der Waals surface area (Å²) < 4.78 is 0. The van der Waals surface area contributed by atoms with E-state index in [1.54, 1.807) is 4.90 Å². The molecule has 1 rings (SSSR count). The van der Waals surface area contributed by atoms with Crippen LogP contribution < -0.4 is 5.32 Å². The molecule has 96 valence electrons. The van der Waals surface area contributed by atoms with Crippen molar-refractivity contribution < 1.29 is 4.79 Å². The van der Waals surface area contributed by atoms with Crippen LogP contribution in [0.2, 0.25) is 0 Å². The van der Waals surface area contributed by atoms with E-state index in [9.17, 15) is 4.79 Å². The first-order chi connectivity index (χ1) is 8.27. The molecule has 0 spiro atoms. The Labute approximate surface area is 104 Å². The van der Waals surface area contributed by atoms with Gasteiger partial charge in [0.25, 0.3) is 0 Å². The second-order valence-corrected chi connectivity index (χ2v) is 4.61. The van der Waals surface area contributed by atoms with Crippen molar-refractivity contribution in [3.63, 3.8) is 0 Å². The average molecular weight is 237 g/mol. The summed E-state index contributed by atoms with van der Waals surface area (Å²) in [6.45, 7) is 5.44. The molecule has 0 atom stereocenters. The molecule has 1 aliphatic heterocycles. The summed E-state index contributed by atoms with van der Waals surface area (Å²) in [6, 6.07) is 2.09. The third kappa shape index (κ3) is 5.18. The molecule has 0 aromatic rings. The summed E-state index contributed by atoms with van der Waals surface area (Å²) in [4.78, 5) is 13.7. The number of nitriles is 1. The summed E-state index contributed by atoms with van der Waals surface area (Å²) in [5.74, 6) is 0.913. The number of hydrogen-bond donors (Lipinski definition) is 1. The molecule has 1 aliphatic rings. The van der Waals surface area contributed by atoms with Gasteiger partial charge in [0.1, 0.15) is 0 Å². The number of hydrogen-bond acceptors (Lipinski definition) is 3. The Morgan fingerprint density at radius 2 is 2.18 bits per heavy atom. The van der Waals surface area contributed by atoms with Crippen molar-refractivity contribution in [2.75, 3.05) is 26.2 Å². The van der Waals surface area contributed by atoms with Crippen molar-refractivity contribution in [2.45, 2.75) is 39.0 Å². The third-order valence-corrected chi connectivity index (χ3v) is 3.45. The quantitative estimate of drug-likeness (QED) is 0.762. The van der Waals surface area contributed by atoms with Gasteiger partial charge in [-0.25, -0.2) is 0 Å². The highest BCUT2D eigenvalue weighted by Gasteiger charge is 2.16. The monoisotopic (exact) mass is 237 g/mol. The molecule has 0 saturated carbocycles. The molecular formula is C13H23N3O. The summed E-state index contributed by atoms with van der Waals surface area (Å²) in [7, 11) is 0. The first-order valence-electron chi connectivity index (χ1n) is 6.63. The van der Waals surface area contributed by atoms with Crippen molar-refractivity contribution in [3.8, 4) is 6.07 Å². The molecule has 0 bridgehead atoms.